The molecule has 2 aromatic rings. The Bertz CT molecular complexity index is 652. The predicted molar refractivity (Wildman–Crippen MR) is 84.9 cm³/mol. The molecule has 1 aromatic heterocycles. The molecule has 2 rings (SSSR count). The summed E-state index contributed by atoms with van der Waals surface area (Å²) >= 11 is 1.26. The molecule has 0 spiro atoms. The molecule has 0 unspecified atom stereocenters. The molecule has 0 radical (unpaired) electrons. The highest BCUT2D eigenvalue weighted by molar-refractivity contribution is 7.16. The van der Waals surface area contributed by atoms with E-state index in [9.17, 15) is 15.2 Å². The lowest BCUT2D eigenvalue weighted by Gasteiger charge is -2.17. The molecule has 21 heavy (non-hydrogen) atoms. The minimum absolute atomic E-state index is 0.0473. The summed E-state index contributed by atoms with van der Waals surface area (Å²) in [6, 6.07) is 9.51. The number of thiophene rings is 1. The van der Waals surface area contributed by atoms with Crippen LogP contribution in [0.3, 0.4) is 0 Å². The molecule has 0 aliphatic heterocycles. The number of aliphatic hydroxyl groups is 1. The van der Waals surface area contributed by atoms with Crippen LogP contribution >= 0.6 is 11.3 Å². The van der Waals surface area contributed by atoms with Crippen LogP contribution in [0.5, 0.6) is 0 Å². The quantitative estimate of drug-likeness (QED) is 0.676. The summed E-state index contributed by atoms with van der Waals surface area (Å²) in [5.41, 5.74) is 2.30. The largest absolute Gasteiger partial charge is 0.388 e. The summed E-state index contributed by atoms with van der Waals surface area (Å²) in [5, 5.41) is 21.4. The van der Waals surface area contributed by atoms with Crippen LogP contribution in [0.1, 0.15) is 29.0 Å². The summed E-state index contributed by atoms with van der Waals surface area (Å²) in [7, 11) is 1.83. The predicted octanol–water partition coefficient (Wildman–Crippen LogP) is 3.65. The molecule has 0 amide bonds. The van der Waals surface area contributed by atoms with E-state index in [1.807, 2.05) is 37.1 Å². The van der Waals surface area contributed by atoms with E-state index in [0.717, 1.165) is 11.1 Å². The van der Waals surface area contributed by atoms with Crippen LogP contribution in [0, 0.1) is 17.0 Å². The first-order chi connectivity index (χ1) is 9.88. The van der Waals surface area contributed by atoms with Gasteiger partial charge in [-0.05, 0) is 19.4 Å². The molecule has 1 aromatic carbocycles. The first-order valence-corrected chi connectivity index (χ1v) is 7.43. The SMILES string of the molecule is Cc1cccc(CN(C)c2sc([C@H](C)O)cc2[N+](=O)[O-])c1. The van der Waals surface area contributed by atoms with Crippen molar-refractivity contribution in [2.75, 3.05) is 11.9 Å². The highest BCUT2D eigenvalue weighted by Crippen LogP contribution is 2.40. The van der Waals surface area contributed by atoms with Crippen LogP contribution in [0.25, 0.3) is 0 Å². The van der Waals surface area contributed by atoms with Crippen molar-refractivity contribution in [2.45, 2.75) is 26.5 Å². The van der Waals surface area contributed by atoms with Crippen molar-refractivity contribution in [2.24, 2.45) is 0 Å². The lowest BCUT2D eigenvalue weighted by Crippen LogP contribution is -2.16. The van der Waals surface area contributed by atoms with Gasteiger partial charge in [-0.25, -0.2) is 0 Å². The molecule has 0 saturated carbocycles. The van der Waals surface area contributed by atoms with E-state index in [1.54, 1.807) is 6.92 Å². The van der Waals surface area contributed by atoms with Gasteiger partial charge in [-0.2, -0.15) is 0 Å². The number of aryl methyl sites for hydroxylation is 1. The minimum atomic E-state index is -0.699. The van der Waals surface area contributed by atoms with Crippen molar-refractivity contribution in [1.82, 2.24) is 0 Å². The molecular weight excluding hydrogens is 288 g/mol. The van der Waals surface area contributed by atoms with E-state index in [0.29, 0.717) is 16.4 Å². The van der Waals surface area contributed by atoms with Crippen LogP contribution in [-0.4, -0.2) is 17.1 Å². The Balaban J connectivity index is 2.29. The molecule has 112 valence electrons. The third-order valence-corrected chi connectivity index (χ3v) is 4.58. The third kappa shape index (κ3) is 3.59. The fourth-order valence-corrected chi connectivity index (χ4v) is 3.18. The zero-order chi connectivity index (χ0) is 15.6. The maximum absolute atomic E-state index is 11.2. The van der Waals surface area contributed by atoms with Gasteiger partial charge in [-0.1, -0.05) is 29.8 Å². The summed E-state index contributed by atoms with van der Waals surface area (Å²) in [6.07, 6.45) is -0.699. The Labute approximate surface area is 127 Å². The first kappa shape index (κ1) is 15.5. The Hall–Kier alpha value is -1.92. The molecule has 0 aliphatic rings. The number of hydrogen-bond acceptors (Lipinski definition) is 5. The van der Waals surface area contributed by atoms with Crippen molar-refractivity contribution in [1.29, 1.82) is 0 Å². The standard InChI is InChI=1S/C15H18N2O3S/c1-10-5-4-6-12(7-10)9-16(3)15-13(17(19)20)8-14(21-15)11(2)18/h4-8,11,18H,9H2,1-3H3/t11-/m0/s1. The normalized spacial score (nSPS) is 12.2. The second-order valence-corrected chi connectivity index (χ2v) is 6.18. The average Bonchev–Trinajstić information content (AvgIpc) is 2.84. The van der Waals surface area contributed by atoms with Crippen LogP contribution in [0.4, 0.5) is 10.7 Å². The number of nitro groups is 1. The molecular formula is C15H18N2O3S. The van der Waals surface area contributed by atoms with Gasteiger partial charge in [0.1, 0.15) is 0 Å². The summed E-state index contributed by atoms with van der Waals surface area (Å²) < 4.78 is 0. The Morgan fingerprint density at radius 3 is 2.71 bits per heavy atom. The van der Waals surface area contributed by atoms with Crippen LogP contribution < -0.4 is 4.90 Å². The Kier molecular flexibility index (Phi) is 4.59. The van der Waals surface area contributed by atoms with Gasteiger partial charge in [0.2, 0.25) is 0 Å². The van der Waals surface area contributed by atoms with Gasteiger partial charge in [0.15, 0.2) is 5.00 Å². The summed E-state index contributed by atoms with van der Waals surface area (Å²) in [5.74, 6) is 0. The molecule has 1 N–H and O–H groups in total. The molecule has 0 bridgehead atoms. The maximum Gasteiger partial charge on any atom is 0.304 e. The van der Waals surface area contributed by atoms with E-state index in [1.165, 1.54) is 17.4 Å². The van der Waals surface area contributed by atoms with Crippen LogP contribution in [0.2, 0.25) is 0 Å². The van der Waals surface area contributed by atoms with Gasteiger partial charge in [0.05, 0.1) is 11.0 Å². The lowest BCUT2D eigenvalue weighted by atomic mass is 10.1. The second-order valence-electron chi connectivity index (χ2n) is 5.12. The summed E-state index contributed by atoms with van der Waals surface area (Å²) in [6.45, 7) is 4.21. The van der Waals surface area contributed by atoms with Crippen molar-refractivity contribution in [3.63, 3.8) is 0 Å². The fraction of sp³-hybridized carbons (Fsp3) is 0.333. The number of anilines is 1. The van der Waals surface area contributed by atoms with E-state index in [-0.39, 0.29) is 5.69 Å². The van der Waals surface area contributed by atoms with Crippen molar-refractivity contribution < 1.29 is 10.0 Å². The third-order valence-electron chi connectivity index (χ3n) is 3.17. The molecule has 0 aliphatic carbocycles. The molecule has 5 nitrogen and oxygen atoms in total. The molecule has 0 fully saturated rings. The molecule has 1 atom stereocenters. The van der Waals surface area contributed by atoms with Gasteiger partial charge >= 0.3 is 5.69 Å². The topological polar surface area (TPSA) is 66.6 Å². The molecule has 1 heterocycles. The van der Waals surface area contributed by atoms with Crippen molar-refractivity contribution in [3.8, 4) is 0 Å². The molecule has 6 heteroatoms. The van der Waals surface area contributed by atoms with Crippen molar-refractivity contribution >= 4 is 22.0 Å². The number of aliphatic hydroxyl groups excluding tert-OH is 1. The van der Waals surface area contributed by atoms with E-state index in [4.69, 9.17) is 0 Å². The van der Waals surface area contributed by atoms with Gasteiger partial charge in [-0.15, -0.1) is 11.3 Å². The second kappa shape index (κ2) is 6.24. The zero-order valence-electron chi connectivity index (χ0n) is 12.2. The highest BCUT2D eigenvalue weighted by Gasteiger charge is 2.23. The van der Waals surface area contributed by atoms with E-state index in [2.05, 4.69) is 6.07 Å². The lowest BCUT2D eigenvalue weighted by molar-refractivity contribution is -0.383. The Morgan fingerprint density at radius 1 is 1.43 bits per heavy atom. The van der Waals surface area contributed by atoms with Gasteiger partial charge < -0.3 is 10.0 Å². The highest BCUT2D eigenvalue weighted by atomic mass is 32.1. The maximum atomic E-state index is 11.2. The monoisotopic (exact) mass is 306 g/mol. The first-order valence-electron chi connectivity index (χ1n) is 6.61. The number of nitrogens with zero attached hydrogens (tertiary/aromatic N) is 2. The van der Waals surface area contributed by atoms with E-state index >= 15 is 0 Å². The fourth-order valence-electron chi connectivity index (χ4n) is 2.16. The minimum Gasteiger partial charge on any atom is -0.388 e. The molecule has 0 saturated heterocycles. The van der Waals surface area contributed by atoms with E-state index < -0.39 is 11.0 Å². The van der Waals surface area contributed by atoms with Gasteiger partial charge in [0, 0.05) is 24.5 Å². The number of rotatable bonds is 5. The van der Waals surface area contributed by atoms with Gasteiger partial charge in [-0.3, -0.25) is 10.1 Å². The Morgan fingerprint density at radius 2 is 2.14 bits per heavy atom. The number of hydrogen-bond donors (Lipinski definition) is 1. The van der Waals surface area contributed by atoms with Crippen molar-refractivity contribution in [3.05, 3.63) is 56.5 Å². The zero-order valence-corrected chi connectivity index (χ0v) is 13.1. The summed E-state index contributed by atoms with van der Waals surface area (Å²) in [4.78, 5) is 13.2. The van der Waals surface area contributed by atoms with Crippen LogP contribution in [-0.2, 0) is 6.54 Å². The van der Waals surface area contributed by atoms with Gasteiger partial charge in [0.25, 0.3) is 0 Å². The average molecular weight is 306 g/mol. The van der Waals surface area contributed by atoms with Crippen LogP contribution in [0.15, 0.2) is 30.3 Å². The smallest absolute Gasteiger partial charge is 0.304 e. The number of benzene rings is 1.